The summed E-state index contributed by atoms with van der Waals surface area (Å²) in [5.41, 5.74) is 7.76. The van der Waals surface area contributed by atoms with Gasteiger partial charge in [0.1, 0.15) is 0 Å². The third-order valence-electron chi connectivity index (χ3n) is 7.37. The molecular weight excluding hydrogens is 464 g/mol. The summed E-state index contributed by atoms with van der Waals surface area (Å²) in [6, 6.07) is 42.6. The maximum absolute atomic E-state index is 4.84. The second-order valence-corrected chi connectivity index (χ2v) is 9.60. The Hall–Kier alpha value is -5.22. The summed E-state index contributed by atoms with van der Waals surface area (Å²) in [6.45, 7) is 0. The number of rotatable bonds is 3. The number of benzene rings is 5. The van der Waals surface area contributed by atoms with E-state index in [-0.39, 0.29) is 0 Å². The van der Waals surface area contributed by atoms with Gasteiger partial charge in [0.25, 0.3) is 0 Å². The second-order valence-electron chi connectivity index (χ2n) is 9.60. The first kappa shape index (κ1) is 20.9. The van der Waals surface area contributed by atoms with E-state index >= 15 is 0 Å². The first-order valence-corrected chi connectivity index (χ1v) is 12.8. The lowest BCUT2D eigenvalue weighted by Crippen LogP contribution is -1.96. The molecule has 0 amide bonds. The molecule has 38 heavy (non-hydrogen) atoms. The zero-order chi connectivity index (χ0) is 25.1. The van der Waals surface area contributed by atoms with Gasteiger partial charge in [0.2, 0.25) is 0 Å². The van der Waals surface area contributed by atoms with Crippen LogP contribution < -0.4 is 0 Å². The number of hydrogen-bond donors (Lipinski definition) is 0. The Labute approximate surface area is 219 Å². The first-order chi connectivity index (χ1) is 18.8. The summed E-state index contributed by atoms with van der Waals surface area (Å²) < 4.78 is 4.62. The SMILES string of the molecule is c1ccc(-n2ccc3cc4c(cc32)c2ccccc2n4-c2cccc(-c3ncc4ccccc4n3)c2)cc1. The van der Waals surface area contributed by atoms with Crippen LogP contribution in [0.5, 0.6) is 0 Å². The summed E-state index contributed by atoms with van der Waals surface area (Å²) in [5, 5.41) is 4.72. The number of aromatic nitrogens is 4. The largest absolute Gasteiger partial charge is 0.317 e. The lowest BCUT2D eigenvalue weighted by molar-refractivity contribution is 1.13. The molecule has 0 aliphatic carbocycles. The molecule has 3 aromatic heterocycles. The fourth-order valence-corrected chi connectivity index (χ4v) is 5.58. The van der Waals surface area contributed by atoms with Crippen molar-refractivity contribution in [3.8, 4) is 22.8 Å². The Morgan fingerprint density at radius 3 is 2.29 bits per heavy atom. The zero-order valence-corrected chi connectivity index (χ0v) is 20.5. The van der Waals surface area contributed by atoms with Gasteiger partial charge >= 0.3 is 0 Å². The Balaban J connectivity index is 1.36. The molecule has 8 rings (SSSR count). The van der Waals surface area contributed by atoms with Crippen LogP contribution in [-0.4, -0.2) is 19.1 Å². The van der Waals surface area contributed by atoms with Crippen LogP contribution in [0.2, 0.25) is 0 Å². The van der Waals surface area contributed by atoms with E-state index in [0.717, 1.165) is 33.7 Å². The molecule has 0 saturated heterocycles. The van der Waals surface area contributed by atoms with Gasteiger partial charge in [-0.3, -0.25) is 0 Å². The maximum atomic E-state index is 4.84. The minimum Gasteiger partial charge on any atom is -0.317 e. The predicted molar refractivity (Wildman–Crippen MR) is 156 cm³/mol. The van der Waals surface area contributed by atoms with E-state index in [2.05, 4.69) is 117 Å². The topological polar surface area (TPSA) is 35.6 Å². The van der Waals surface area contributed by atoms with Crippen molar-refractivity contribution in [2.45, 2.75) is 0 Å². The van der Waals surface area contributed by atoms with Gasteiger partial charge in [0.05, 0.1) is 22.1 Å². The summed E-state index contributed by atoms with van der Waals surface area (Å²) in [7, 11) is 0. The van der Waals surface area contributed by atoms with Gasteiger partial charge in [-0.1, -0.05) is 66.7 Å². The van der Waals surface area contributed by atoms with Crippen molar-refractivity contribution < 1.29 is 0 Å². The molecule has 4 heteroatoms. The van der Waals surface area contributed by atoms with Crippen molar-refractivity contribution in [3.63, 3.8) is 0 Å². The van der Waals surface area contributed by atoms with E-state index in [9.17, 15) is 0 Å². The summed E-state index contributed by atoms with van der Waals surface area (Å²) in [4.78, 5) is 9.52. The Morgan fingerprint density at radius 1 is 0.526 bits per heavy atom. The minimum absolute atomic E-state index is 0.730. The predicted octanol–water partition coefficient (Wildman–Crippen LogP) is 8.34. The molecule has 0 bridgehead atoms. The third kappa shape index (κ3) is 3.17. The van der Waals surface area contributed by atoms with E-state index in [1.54, 1.807) is 0 Å². The number of para-hydroxylation sites is 3. The van der Waals surface area contributed by atoms with Gasteiger partial charge in [-0.2, -0.15) is 0 Å². The van der Waals surface area contributed by atoms with Gasteiger partial charge in [0, 0.05) is 50.9 Å². The molecule has 8 aromatic rings. The molecule has 4 nitrogen and oxygen atoms in total. The first-order valence-electron chi connectivity index (χ1n) is 12.8. The van der Waals surface area contributed by atoms with Gasteiger partial charge < -0.3 is 9.13 Å². The second kappa shape index (κ2) is 8.15. The molecule has 0 atom stereocenters. The van der Waals surface area contributed by atoms with E-state index in [0.29, 0.717) is 0 Å². The van der Waals surface area contributed by atoms with Crippen LogP contribution >= 0.6 is 0 Å². The standard InChI is InChI=1S/C34H22N4/c1-2-11-26(12-3-1)37-18-17-23-20-33-29(21-32(23)37)28-14-5-7-16-31(28)38(33)27-13-8-10-24(19-27)34-35-22-25-9-4-6-15-30(25)36-34/h1-22H. The molecule has 0 fully saturated rings. The molecule has 0 saturated carbocycles. The third-order valence-corrected chi connectivity index (χ3v) is 7.37. The Morgan fingerprint density at radius 2 is 1.34 bits per heavy atom. The Kier molecular flexibility index (Phi) is 4.49. The highest BCUT2D eigenvalue weighted by Gasteiger charge is 2.15. The van der Waals surface area contributed by atoms with Crippen molar-refractivity contribution in [3.05, 3.63) is 134 Å². The van der Waals surface area contributed by atoms with Crippen LogP contribution in [0.1, 0.15) is 0 Å². The quantitative estimate of drug-likeness (QED) is 0.252. The number of hydrogen-bond acceptors (Lipinski definition) is 2. The normalized spacial score (nSPS) is 11.7. The fraction of sp³-hybridized carbons (Fsp3) is 0. The molecule has 0 unspecified atom stereocenters. The average molecular weight is 487 g/mol. The van der Waals surface area contributed by atoms with Crippen LogP contribution in [0.4, 0.5) is 0 Å². The molecule has 178 valence electrons. The van der Waals surface area contributed by atoms with Gasteiger partial charge in [0.15, 0.2) is 5.82 Å². The monoisotopic (exact) mass is 486 g/mol. The highest BCUT2D eigenvalue weighted by molar-refractivity contribution is 6.13. The Bertz CT molecular complexity index is 2130. The van der Waals surface area contributed by atoms with E-state index in [4.69, 9.17) is 4.98 Å². The number of nitrogens with zero attached hydrogens (tertiary/aromatic N) is 4. The summed E-state index contributed by atoms with van der Waals surface area (Å²) in [5.74, 6) is 0.730. The maximum Gasteiger partial charge on any atom is 0.159 e. The molecule has 0 aliphatic heterocycles. The van der Waals surface area contributed by atoms with Crippen LogP contribution in [-0.2, 0) is 0 Å². The average Bonchev–Trinajstić information content (AvgIpc) is 3.55. The van der Waals surface area contributed by atoms with E-state index < -0.39 is 0 Å². The van der Waals surface area contributed by atoms with Crippen LogP contribution in [0.15, 0.2) is 134 Å². The lowest BCUT2D eigenvalue weighted by atomic mass is 10.1. The fourth-order valence-electron chi connectivity index (χ4n) is 5.58. The van der Waals surface area contributed by atoms with Gasteiger partial charge in [-0.05, 0) is 54.6 Å². The minimum atomic E-state index is 0.730. The van der Waals surface area contributed by atoms with Gasteiger partial charge in [-0.25, -0.2) is 9.97 Å². The van der Waals surface area contributed by atoms with Crippen LogP contribution in [0, 0.1) is 0 Å². The number of fused-ring (bicyclic) bond motifs is 5. The van der Waals surface area contributed by atoms with Gasteiger partial charge in [-0.15, -0.1) is 0 Å². The van der Waals surface area contributed by atoms with Crippen molar-refractivity contribution >= 4 is 43.6 Å². The van der Waals surface area contributed by atoms with Crippen molar-refractivity contribution in [2.75, 3.05) is 0 Å². The molecule has 0 spiro atoms. The smallest absolute Gasteiger partial charge is 0.159 e. The van der Waals surface area contributed by atoms with E-state index in [1.807, 2.05) is 30.5 Å². The van der Waals surface area contributed by atoms with Crippen molar-refractivity contribution in [1.29, 1.82) is 0 Å². The highest BCUT2D eigenvalue weighted by atomic mass is 15.0. The molecular formula is C34H22N4. The van der Waals surface area contributed by atoms with Crippen molar-refractivity contribution in [2.24, 2.45) is 0 Å². The van der Waals surface area contributed by atoms with E-state index in [1.165, 1.54) is 32.7 Å². The summed E-state index contributed by atoms with van der Waals surface area (Å²) in [6.07, 6.45) is 4.06. The van der Waals surface area contributed by atoms with Crippen LogP contribution in [0.3, 0.4) is 0 Å². The lowest BCUT2D eigenvalue weighted by Gasteiger charge is -2.10. The molecule has 0 aliphatic rings. The summed E-state index contributed by atoms with van der Waals surface area (Å²) >= 11 is 0. The molecule has 5 aromatic carbocycles. The molecule has 0 radical (unpaired) electrons. The molecule has 3 heterocycles. The van der Waals surface area contributed by atoms with Crippen molar-refractivity contribution in [1.82, 2.24) is 19.1 Å². The van der Waals surface area contributed by atoms with Crippen LogP contribution in [0.25, 0.3) is 66.4 Å². The zero-order valence-electron chi connectivity index (χ0n) is 20.5. The molecule has 0 N–H and O–H groups in total. The highest BCUT2D eigenvalue weighted by Crippen LogP contribution is 2.36.